The Labute approximate surface area is 151 Å². The van der Waals surface area contributed by atoms with Crippen LogP contribution in [-0.4, -0.2) is 58.0 Å². The SMILES string of the molecule is CC(C)c1cc(C(=O)N2CCN(C(=O)c3cccc(Cl)c3)CC2)n[nH]1. The standard InChI is InChI=1S/C18H21ClN4O2/c1-12(2)15-11-16(21-20-15)18(25)23-8-6-22(7-9-23)17(24)13-4-3-5-14(19)10-13/h3-5,10-12H,6-9H2,1-2H3,(H,20,21). The van der Waals surface area contributed by atoms with Crippen LogP contribution < -0.4 is 0 Å². The van der Waals surface area contributed by atoms with Gasteiger partial charge in [0.1, 0.15) is 5.69 Å². The molecule has 1 aliphatic rings. The Bertz CT molecular complexity index is 779. The summed E-state index contributed by atoms with van der Waals surface area (Å²) in [4.78, 5) is 28.6. The molecule has 0 unspecified atom stereocenters. The molecule has 25 heavy (non-hydrogen) atoms. The molecule has 0 saturated carbocycles. The van der Waals surface area contributed by atoms with Crippen molar-refractivity contribution in [2.24, 2.45) is 0 Å². The molecule has 1 aliphatic heterocycles. The lowest BCUT2D eigenvalue weighted by Gasteiger charge is -2.34. The van der Waals surface area contributed by atoms with E-state index in [1.807, 2.05) is 13.8 Å². The van der Waals surface area contributed by atoms with E-state index in [2.05, 4.69) is 10.2 Å². The molecule has 2 amide bonds. The van der Waals surface area contributed by atoms with Gasteiger partial charge in [-0.1, -0.05) is 31.5 Å². The Morgan fingerprint density at radius 3 is 2.28 bits per heavy atom. The molecule has 1 aromatic carbocycles. The van der Waals surface area contributed by atoms with Crippen molar-refractivity contribution in [3.63, 3.8) is 0 Å². The maximum absolute atomic E-state index is 12.5. The van der Waals surface area contributed by atoms with Gasteiger partial charge in [-0.15, -0.1) is 0 Å². The second-order valence-corrected chi connectivity index (χ2v) is 6.89. The second-order valence-electron chi connectivity index (χ2n) is 6.46. The number of nitrogens with zero attached hydrogens (tertiary/aromatic N) is 3. The third-order valence-electron chi connectivity index (χ3n) is 4.36. The average molecular weight is 361 g/mol. The first-order valence-corrected chi connectivity index (χ1v) is 8.73. The quantitative estimate of drug-likeness (QED) is 0.915. The number of H-pyrrole nitrogens is 1. The van der Waals surface area contributed by atoms with E-state index in [9.17, 15) is 9.59 Å². The van der Waals surface area contributed by atoms with Gasteiger partial charge in [0.25, 0.3) is 11.8 Å². The van der Waals surface area contributed by atoms with E-state index >= 15 is 0 Å². The highest BCUT2D eigenvalue weighted by atomic mass is 35.5. The minimum atomic E-state index is -0.0991. The number of piperazine rings is 1. The van der Waals surface area contributed by atoms with Crippen LogP contribution in [0.5, 0.6) is 0 Å². The molecular formula is C18H21ClN4O2. The smallest absolute Gasteiger partial charge is 0.274 e. The normalized spacial score (nSPS) is 14.9. The zero-order chi connectivity index (χ0) is 18.0. The molecule has 132 valence electrons. The fourth-order valence-electron chi connectivity index (χ4n) is 2.82. The Balaban J connectivity index is 1.61. The topological polar surface area (TPSA) is 69.3 Å². The van der Waals surface area contributed by atoms with E-state index in [1.54, 1.807) is 40.1 Å². The lowest BCUT2D eigenvalue weighted by molar-refractivity contribution is 0.0532. The first kappa shape index (κ1) is 17.5. The number of nitrogens with one attached hydrogen (secondary N) is 1. The predicted molar refractivity (Wildman–Crippen MR) is 95.9 cm³/mol. The predicted octanol–water partition coefficient (Wildman–Crippen LogP) is 2.78. The van der Waals surface area contributed by atoms with Crippen LogP contribution in [0.1, 0.15) is 46.3 Å². The number of halogens is 1. The average Bonchev–Trinajstić information content (AvgIpc) is 3.11. The minimum absolute atomic E-state index is 0.0588. The number of carbonyl (C=O) groups is 2. The summed E-state index contributed by atoms with van der Waals surface area (Å²) in [6, 6.07) is 8.72. The maximum Gasteiger partial charge on any atom is 0.274 e. The lowest BCUT2D eigenvalue weighted by Crippen LogP contribution is -2.50. The number of aromatic nitrogens is 2. The fraction of sp³-hybridized carbons (Fsp3) is 0.389. The van der Waals surface area contributed by atoms with E-state index in [0.717, 1.165) is 5.69 Å². The first-order chi connectivity index (χ1) is 12.0. The molecule has 0 radical (unpaired) electrons. The number of aromatic amines is 1. The summed E-state index contributed by atoms with van der Waals surface area (Å²) < 4.78 is 0. The van der Waals surface area contributed by atoms with Crippen LogP contribution in [0, 0.1) is 0 Å². The van der Waals surface area contributed by atoms with Crippen LogP contribution in [0.4, 0.5) is 0 Å². The Morgan fingerprint density at radius 1 is 1.08 bits per heavy atom. The van der Waals surface area contributed by atoms with Crippen LogP contribution in [0.15, 0.2) is 30.3 Å². The number of hydrogen-bond donors (Lipinski definition) is 1. The molecule has 1 saturated heterocycles. The van der Waals surface area contributed by atoms with Crippen molar-refractivity contribution < 1.29 is 9.59 Å². The molecule has 0 atom stereocenters. The highest BCUT2D eigenvalue weighted by Crippen LogP contribution is 2.16. The van der Waals surface area contributed by atoms with Crippen LogP contribution in [-0.2, 0) is 0 Å². The number of rotatable bonds is 3. The Kier molecular flexibility index (Phi) is 5.08. The summed E-state index contributed by atoms with van der Waals surface area (Å²) in [6.07, 6.45) is 0. The van der Waals surface area contributed by atoms with E-state index in [0.29, 0.717) is 48.4 Å². The summed E-state index contributed by atoms with van der Waals surface area (Å²) in [7, 11) is 0. The van der Waals surface area contributed by atoms with Crippen molar-refractivity contribution in [3.8, 4) is 0 Å². The van der Waals surface area contributed by atoms with Crippen LogP contribution in [0.3, 0.4) is 0 Å². The molecule has 7 heteroatoms. The number of carbonyl (C=O) groups excluding carboxylic acids is 2. The van der Waals surface area contributed by atoms with Gasteiger partial charge in [-0.3, -0.25) is 14.7 Å². The molecule has 0 bridgehead atoms. The molecular weight excluding hydrogens is 340 g/mol. The van der Waals surface area contributed by atoms with Crippen molar-refractivity contribution >= 4 is 23.4 Å². The van der Waals surface area contributed by atoms with Crippen molar-refractivity contribution in [3.05, 3.63) is 52.3 Å². The maximum atomic E-state index is 12.5. The summed E-state index contributed by atoms with van der Waals surface area (Å²) in [5.41, 5.74) is 1.94. The van der Waals surface area contributed by atoms with Crippen LogP contribution in [0.25, 0.3) is 0 Å². The van der Waals surface area contributed by atoms with Gasteiger partial charge >= 0.3 is 0 Å². The molecule has 6 nitrogen and oxygen atoms in total. The lowest BCUT2D eigenvalue weighted by atomic mass is 10.1. The summed E-state index contributed by atoms with van der Waals surface area (Å²) in [5.74, 6) is 0.135. The van der Waals surface area contributed by atoms with Crippen molar-refractivity contribution in [2.45, 2.75) is 19.8 Å². The van der Waals surface area contributed by atoms with Gasteiger partial charge in [0, 0.05) is 42.5 Å². The first-order valence-electron chi connectivity index (χ1n) is 8.35. The third kappa shape index (κ3) is 3.85. The minimum Gasteiger partial charge on any atom is -0.335 e. The van der Waals surface area contributed by atoms with Crippen molar-refractivity contribution in [1.82, 2.24) is 20.0 Å². The van der Waals surface area contributed by atoms with Gasteiger partial charge in [0.15, 0.2) is 0 Å². The molecule has 0 spiro atoms. The Morgan fingerprint density at radius 2 is 1.72 bits per heavy atom. The molecule has 1 N–H and O–H groups in total. The van der Waals surface area contributed by atoms with Crippen molar-refractivity contribution in [2.75, 3.05) is 26.2 Å². The van der Waals surface area contributed by atoms with Crippen molar-refractivity contribution in [1.29, 1.82) is 0 Å². The van der Waals surface area contributed by atoms with Gasteiger partial charge in [-0.25, -0.2) is 0 Å². The Hall–Kier alpha value is -2.34. The van der Waals surface area contributed by atoms with E-state index in [1.165, 1.54) is 0 Å². The highest BCUT2D eigenvalue weighted by molar-refractivity contribution is 6.30. The molecule has 1 aromatic heterocycles. The largest absolute Gasteiger partial charge is 0.335 e. The molecule has 3 rings (SSSR count). The zero-order valence-corrected chi connectivity index (χ0v) is 15.1. The fourth-order valence-corrected chi connectivity index (χ4v) is 3.01. The second kappa shape index (κ2) is 7.27. The van der Waals surface area contributed by atoms with E-state index in [-0.39, 0.29) is 11.8 Å². The summed E-state index contributed by atoms with van der Waals surface area (Å²) in [5, 5.41) is 7.56. The molecule has 0 aliphatic carbocycles. The molecule has 2 heterocycles. The van der Waals surface area contributed by atoms with Crippen LogP contribution >= 0.6 is 11.6 Å². The van der Waals surface area contributed by atoms with Gasteiger partial charge in [-0.2, -0.15) is 5.10 Å². The monoisotopic (exact) mass is 360 g/mol. The number of hydrogen-bond acceptors (Lipinski definition) is 3. The summed E-state index contributed by atoms with van der Waals surface area (Å²) >= 11 is 5.95. The third-order valence-corrected chi connectivity index (χ3v) is 4.60. The number of amides is 2. The van der Waals surface area contributed by atoms with E-state index in [4.69, 9.17) is 11.6 Å². The zero-order valence-electron chi connectivity index (χ0n) is 14.3. The molecule has 2 aromatic rings. The molecule has 1 fully saturated rings. The number of benzene rings is 1. The highest BCUT2D eigenvalue weighted by Gasteiger charge is 2.26. The van der Waals surface area contributed by atoms with Gasteiger partial charge in [0.05, 0.1) is 0 Å². The van der Waals surface area contributed by atoms with Gasteiger partial charge in [-0.05, 0) is 30.2 Å². The summed E-state index contributed by atoms with van der Waals surface area (Å²) in [6.45, 7) is 6.07. The van der Waals surface area contributed by atoms with E-state index < -0.39 is 0 Å². The van der Waals surface area contributed by atoms with Crippen LogP contribution in [0.2, 0.25) is 5.02 Å². The van der Waals surface area contributed by atoms with Gasteiger partial charge < -0.3 is 9.80 Å². The van der Waals surface area contributed by atoms with Gasteiger partial charge in [0.2, 0.25) is 0 Å².